The highest BCUT2D eigenvalue weighted by molar-refractivity contribution is 6.01. The van der Waals surface area contributed by atoms with Crippen molar-refractivity contribution in [2.24, 2.45) is 5.92 Å². The van der Waals surface area contributed by atoms with Crippen LogP contribution in [-0.2, 0) is 14.3 Å². The Labute approximate surface area is 153 Å². The van der Waals surface area contributed by atoms with Crippen molar-refractivity contribution in [3.63, 3.8) is 0 Å². The number of anilines is 2. The van der Waals surface area contributed by atoms with Crippen LogP contribution in [0.2, 0.25) is 0 Å². The van der Waals surface area contributed by atoms with Gasteiger partial charge in [-0.25, -0.2) is 0 Å². The van der Waals surface area contributed by atoms with E-state index in [-0.39, 0.29) is 17.7 Å². The van der Waals surface area contributed by atoms with Gasteiger partial charge in [-0.3, -0.25) is 14.5 Å². The van der Waals surface area contributed by atoms with Crippen molar-refractivity contribution in [2.75, 3.05) is 49.6 Å². The van der Waals surface area contributed by atoms with Crippen molar-refractivity contribution in [1.82, 2.24) is 4.90 Å². The molecule has 1 unspecified atom stereocenters. The van der Waals surface area contributed by atoms with Crippen LogP contribution >= 0.6 is 0 Å². The molecule has 1 aromatic carbocycles. The minimum Gasteiger partial charge on any atom is -0.479 e. The molecule has 7 nitrogen and oxygen atoms in total. The molecule has 3 aliphatic rings. The quantitative estimate of drug-likeness (QED) is 0.862. The Morgan fingerprint density at radius 1 is 1.23 bits per heavy atom. The fraction of sp³-hybridized carbons (Fsp3) is 0.579. The van der Waals surface area contributed by atoms with Gasteiger partial charge < -0.3 is 19.7 Å². The van der Waals surface area contributed by atoms with E-state index in [1.54, 1.807) is 11.8 Å². The van der Waals surface area contributed by atoms with Crippen LogP contribution in [0.3, 0.4) is 0 Å². The Bertz CT molecular complexity index is 698. The second-order valence-corrected chi connectivity index (χ2v) is 7.15. The summed E-state index contributed by atoms with van der Waals surface area (Å²) in [5, 5.41) is 2.95. The standard InChI is InChI=1S/C19H25N3O4/c1-13-19(24)22(7-6-21-8-10-25-11-9-21)16-12-15(4-5-17(16)26-13)20-18(23)14-2-3-14/h4-5,12-14H,2-3,6-11H2,1H3,(H,20,23). The fourth-order valence-corrected chi connectivity index (χ4v) is 3.37. The Morgan fingerprint density at radius 2 is 2.00 bits per heavy atom. The Hall–Kier alpha value is -2.12. The number of carbonyl (C=O) groups is 2. The Balaban J connectivity index is 1.51. The highest BCUT2D eigenvalue weighted by Gasteiger charge is 2.33. The zero-order valence-corrected chi connectivity index (χ0v) is 15.1. The molecule has 1 saturated carbocycles. The van der Waals surface area contributed by atoms with Gasteiger partial charge in [0.05, 0.1) is 18.9 Å². The summed E-state index contributed by atoms with van der Waals surface area (Å²) in [6.45, 7) is 6.41. The van der Waals surface area contributed by atoms with E-state index in [1.165, 1.54) is 0 Å². The van der Waals surface area contributed by atoms with Gasteiger partial charge in [0.15, 0.2) is 6.10 Å². The van der Waals surface area contributed by atoms with E-state index >= 15 is 0 Å². The molecule has 1 saturated heterocycles. The molecule has 7 heteroatoms. The summed E-state index contributed by atoms with van der Waals surface area (Å²) < 4.78 is 11.1. The van der Waals surface area contributed by atoms with Gasteiger partial charge in [-0.1, -0.05) is 0 Å². The number of fused-ring (bicyclic) bond motifs is 1. The van der Waals surface area contributed by atoms with Crippen molar-refractivity contribution in [1.29, 1.82) is 0 Å². The molecule has 2 amide bonds. The molecule has 140 valence electrons. The molecule has 1 N–H and O–H groups in total. The van der Waals surface area contributed by atoms with Crippen LogP contribution in [0, 0.1) is 5.92 Å². The van der Waals surface area contributed by atoms with E-state index in [9.17, 15) is 9.59 Å². The van der Waals surface area contributed by atoms with Gasteiger partial charge in [0.1, 0.15) is 5.75 Å². The molecule has 1 atom stereocenters. The summed E-state index contributed by atoms with van der Waals surface area (Å²) in [4.78, 5) is 28.8. The maximum Gasteiger partial charge on any atom is 0.267 e. The maximum atomic E-state index is 12.7. The minimum absolute atomic E-state index is 0.0450. The average Bonchev–Trinajstić information content (AvgIpc) is 3.49. The molecule has 0 radical (unpaired) electrons. The molecule has 26 heavy (non-hydrogen) atoms. The Morgan fingerprint density at radius 3 is 2.73 bits per heavy atom. The van der Waals surface area contributed by atoms with E-state index in [4.69, 9.17) is 9.47 Å². The van der Waals surface area contributed by atoms with Crippen LogP contribution < -0.4 is 15.0 Å². The van der Waals surface area contributed by atoms with Gasteiger partial charge in [-0.05, 0) is 38.0 Å². The molecule has 4 rings (SSSR count). The molecule has 1 aliphatic carbocycles. The van der Waals surface area contributed by atoms with E-state index in [0.29, 0.717) is 18.0 Å². The molecule has 0 aromatic heterocycles. The van der Waals surface area contributed by atoms with Gasteiger partial charge in [0.25, 0.3) is 5.91 Å². The summed E-state index contributed by atoms with van der Waals surface area (Å²) >= 11 is 0. The van der Waals surface area contributed by atoms with Crippen LogP contribution in [0.25, 0.3) is 0 Å². The third kappa shape index (κ3) is 3.68. The number of amides is 2. The molecular formula is C19H25N3O4. The molecule has 2 fully saturated rings. The summed E-state index contributed by atoms with van der Waals surface area (Å²) in [5.41, 5.74) is 1.44. The summed E-state index contributed by atoms with van der Waals surface area (Å²) in [7, 11) is 0. The molecule has 0 bridgehead atoms. The third-order valence-electron chi connectivity index (χ3n) is 5.13. The molecule has 2 heterocycles. The van der Waals surface area contributed by atoms with Crippen LogP contribution in [0.15, 0.2) is 18.2 Å². The zero-order valence-electron chi connectivity index (χ0n) is 15.1. The first-order chi connectivity index (χ1) is 12.6. The van der Waals surface area contributed by atoms with Gasteiger partial charge in [0.2, 0.25) is 5.91 Å². The molecule has 0 spiro atoms. The number of carbonyl (C=O) groups excluding carboxylic acids is 2. The minimum atomic E-state index is -0.501. The van der Waals surface area contributed by atoms with Crippen molar-refractivity contribution in [3.05, 3.63) is 18.2 Å². The second-order valence-electron chi connectivity index (χ2n) is 7.15. The van der Waals surface area contributed by atoms with Crippen molar-refractivity contribution in [3.8, 4) is 5.75 Å². The van der Waals surface area contributed by atoms with Crippen LogP contribution in [0.5, 0.6) is 5.75 Å². The Kier molecular flexibility index (Phi) is 4.82. The predicted octanol–water partition coefficient (Wildman–Crippen LogP) is 1.48. The lowest BCUT2D eigenvalue weighted by Crippen LogP contribution is -2.48. The lowest BCUT2D eigenvalue weighted by atomic mass is 10.1. The number of rotatable bonds is 5. The number of hydrogen-bond donors (Lipinski definition) is 1. The first kappa shape index (κ1) is 17.3. The number of morpholine rings is 1. The van der Waals surface area contributed by atoms with Crippen molar-refractivity contribution < 1.29 is 19.1 Å². The summed E-state index contributed by atoms with van der Waals surface area (Å²) in [6.07, 6.45) is 1.42. The monoisotopic (exact) mass is 359 g/mol. The number of hydrogen-bond acceptors (Lipinski definition) is 5. The number of benzene rings is 1. The van der Waals surface area contributed by atoms with Crippen LogP contribution in [0.1, 0.15) is 19.8 Å². The van der Waals surface area contributed by atoms with Crippen molar-refractivity contribution in [2.45, 2.75) is 25.9 Å². The van der Waals surface area contributed by atoms with E-state index in [0.717, 1.165) is 51.4 Å². The first-order valence-corrected chi connectivity index (χ1v) is 9.35. The molecule has 2 aliphatic heterocycles. The fourth-order valence-electron chi connectivity index (χ4n) is 3.37. The van der Waals surface area contributed by atoms with Crippen LogP contribution in [0.4, 0.5) is 11.4 Å². The average molecular weight is 359 g/mol. The number of nitrogens with one attached hydrogen (secondary N) is 1. The normalized spacial score (nSPS) is 23.3. The lowest BCUT2D eigenvalue weighted by Gasteiger charge is -2.35. The SMILES string of the molecule is CC1Oc2ccc(NC(=O)C3CC3)cc2N(CCN2CCOCC2)C1=O. The van der Waals surface area contributed by atoms with Gasteiger partial charge >= 0.3 is 0 Å². The van der Waals surface area contributed by atoms with Crippen molar-refractivity contribution >= 4 is 23.2 Å². The number of nitrogens with zero attached hydrogens (tertiary/aromatic N) is 2. The largest absolute Gasteiger partial charge is 0.479 e. The zero-order chi connectivity index (χ0) is 18.1. The van der Waals surface area contributed by atoms with Gasteiger partial charge in [0, 0.05) is 37.8 Å². The maximum absolute atomic E-state index is 12.7. The van der Waals surface area contributed by atoms with E-state index < -0.39 is 6.10 Å². The second kappa shape index (κ2) is 7.25. The summed E-state index contributed by atoms with van der Waals surface area (Å²) in [5.74, 6) is 0.836. The van der Waals surface area contributed by atoms with E-state index in [1.807, 2.05) is 18.2 Å². The van der Waals surface area contributed by atoms with E-state index in [2.05, 4.69) is 10.2 Å². The highest BCUT2D eigenvalue weighted by Crippen LogP contribution is 2.37. The third-order valence-corrected chi connectivity index (χ3v) is 5.13. The predicted molar refractivity (Wildman–Crippen MR) is 97.5 cm³/mol. The van der Waals surface area contributed by atoms with Crippen LogP contribution in [-0.4, -0.2) is 62.2 Å². The summed E-state index contributed by atoms with van der Waals surface area (Å²) in [6, 6.07) is 5.52. The molecular weight excluding hydrogens is 334 g/mol. The smallest absolute Gasteiger partial charge is 0.267 e. The highest BCUT2D eigenvalue weighted by atomic mass is 16.5. The van der Waals surface area contributed by atoms with Gasteiger partial charge in [-0.2, -0.15) is 0 Å². The topological polar surface area (TPSA) is 71.1 Å². The first-order valence-electron chi connectivity index (χ1n) is 9.35. The molecule has 1 aromatic rings. The van der Waals surface area contributed by atoms with Gasteiger partial charge in [-0.15, -0.1) is 0 Å². The lowest BCUT2D eigenvalue weighted by molar-refractivity contribution is -0.125. The number of ether oxygens (including phenoxy) is 2.